The van der Waals surface area contributed by atoms with Gasteiger partial charge in [-0.2, -0.15) is 4.31 Å². The molecule has 0 unspecified atom stereocenters. The second-order valence-electron chi connectivity index (χ2n) is 5.42. The van der Waals surface area contributed by atoms with Crippen molar-refractivity contribution in [3.05, 3.63) is 29.8 Å². The van der Waals surface area contributed by atoms with Gasteiger partial charge in [0.1, 0.15) is 0 Å². The summed E-state index contributed by atoms with van der Waals surface area (Å²) in [5.74, 6) is -0.119. The summed E-state index contributed by atoms with van der Waals surface area (Å²) in [5.41, 5.74) is 0.780. The molecule has 1 aliphatic heterocycles. The number of benzene rings is 1. The number of carbonyl (C=O) groups excluding carboxylic acids is 1. The fraction of sp³-hybridized carbons (Fsp3) is 0.533. The summed E-state index contributed by atoms with van der Waals surface area (Å²) in [6, 6.07) is 6.79. The van der Waals surface area contributed by atoms with Crippen LogP contribution in [0.5, 0.6) is 0 Å². The highest BCUT2D eigenvalue weighted by atomic mass is 35.5. The van der Waals surface area contributed by atoms with Crippen molar-refractivity contribution >= 4 is 28.3 Å². The molecular weight excluding hydrogens is 338 g/mol. The van der Waals surface area contributed by atoms with Gasteiger partial charge in [-0.05, 0) is 37.6 Å². The number of piperidine rings is 1. The molecule has 1 aromatic carbocycles. The number of amides is 1. The highest BCUT2D eigenvalue weighted by Crippen LogP contribution is 2.21. The first-order valence-electron chi connectivity index (χ1n) is 7.54. The van der Waals surface area contributed by atoms with E-state index in [-0.39, 0.29) is 24.9 Å². The van der Waals surface area contributed by atoms with Gasteiger partial charge in [-0.25, -0.2) is 8.42 Å². The zero-order valence-corrected chi connectivity index (χ0v) is 14.9. The van der Waals surface area contributed by atoms with Gasteiger partial charge in [-0.1, -0.05) is 18.6 Å². The van der Waals surface area contributed by atoms with Crippen LogP contribution in [0.3, 0.4) is 0 Å². The van der Waals surface area contributed by atoms with Crippen LogP contribution in [0.1, 0.15) is 24.8 Å². The molecule has 2 rings (SSSR count). The number of hydrogen-bond donors (Lipinski definition) is 2. The number of carbonyl (C=O) groups is 1. The third-order valence-corrected chi connectivity index (χ3v) is 5.57. The number of likely N-dealkylation sites (N-methyl/N-ethyl adjacent to an activating group) is 1. The molecule has 6 nitrogen and oxygen atoms in total. The van der Waals surface area contributed by atoms with Gasteiger partial charge in [0.2, 0.25) is 15.9 Å². The van der Waals surface area contributed by atoms with Gasteiger partial charge in [0.25, 0.3) is 0 Å². The van der Waals surface area contributed by atoms with Crippen molar-refractivity contribution in [1.29, 1.82) is 0 Å². The lowest BCUT2D eigenvalue weighted by atomic mass is 10.2. The molecule has 1 heterocycles. The molecule has 130 valence electrons. The lowest BCUT2D eigenvalue weighted by molar-refractivity contribution is -0.120. The topological polar surface area (TPSA) is 78.5 Å². The molecule has 2 N–H and O–H groups in total. The van der Waals surface area contributed by atoms with Crippen LogP contribution in [-0.4, -0.2) is 45.3 Å². The Morgan fingerprint density at radius 2 is 1.91 bits per heavy atom. The Morgan fingerprint density at radius 3 is 2.57 bits per heavy atom. The summed E-state index contributed by atoms with van der Waals surface area (Å²) in [6.07, 6.45) is 2.92. The van der Waals surface area contributed by atoms with E-state index in [4.69, 9.17) is 0 Å². The maximum absolute atomic E-state index is 12.6. The maximum atomic E-state index is 12.6. The Bertz CT molecular complexity index is 616. The highest BCUT2D eigenvalue weighted by Gasteiger charge is 2.25. The van der Waals surface area contributed by atoms with E-state index in [1.54, 1.807) is 29.6 Å². The number of rotatable bonds is 6. The van der Waals surface area contributed by atoms with Crippen LogP contribution in [0.4, 0.5) is 0 Å². The van der Waals surface area contributed by atoms with E-state index < -0.39 is 10.0 Å². The molecule has 23 heavy (non-hydrogen) atoms. The number of halogens is 1. The van der Waals surface area contributed by atoms with E-state index in [1.165, 1.54) is 0 Å². The smallest absolute Gasteiger partial charge is 0.243 e. The molecular formula is C15H24ClN3O3S. The minimum Gasteiger partial charge on any atom is -0.351 e. The summed E-state index contributed by atoms with van der Waals surface area (Å²) in [6.45, 7) is 1.74. The first kappa shape index (κ1) is 19.9. The van der Waals surface area contributed by atoms with E-state index in [2.05, 4.69) is 10.6 Å². The Labute approximate surface area is 144 Å². The Morgan fingerprint density at radius 1 is 1.22 bits per heavy atom. The van der Waals surface area contributed by atoms with E-state index in [9.17, 15) is 13.2 Å². The van der Waals surface area contributed by atoms with Crippen molar-refractivity contribution in [2.75, 3.05) is 26.7 Å². The summed E-state index contributed by atoms with van der Waals surface area (Å²) >= 11 is 0. The fourth-order valence-electron chi connectivity index (χ4n) is 2.49. The minimum atomic E-state index is -3.43. The molecule has 1 aromatic rings. The van der Waals surface area contributed by atoms with Gasteiger partial charge in [0.15, 0.2) is 0 Å². The summed E-state index contributed by atoms with van der Waals surface area (Å²) in [5, 5.41) is 5.52. The average molecular weight is 362 g/mol. The van der Waals surface area contributed by atoms with Crippen molar-refractivity contribution in [2.24, 2.45) is 0 Å². The second kappa shape index (κ2) is 9.22. The van der Waals surface area contributed by atoms with Crippen LogP contribution in [0.2, 0.25) is 0 Å². The van der Waals surface area contributed by atoms with Gasteiger partial charge in [-0.3, -0.25) is 4.79 Å². The summed E-state index contributed by atoms with van der Waals surface area (Å²) < 4.78 is 26.8. The Kier molecular flexibility index (Phi) is 7.98. The summed E-state index contributed by atoms with van der Waals surface area (Å²) in [7, 11) is -1.73. The third kappa shape index (κ3) is 5.46. The lowest BCUT2D eigenvalue weighted by Crippen LogP contribution is -2.35. The van der Waals surface area contributed by atoms with E-state index in [0.29, 0.717) is 24.5 Å². The van der Waals surface area contributed by atoms with Crippen LogP contribution in [-0.2, 0) is 21.4 Å². The molecule has 0 bridgehead atoms. The molecule has 8 heteroatoms. The fourth-order valence-corrected chi connectivity index (χ4v) is 4.08. The monoisotopic (exact) mass is 361 g/mol. The molecule has 0 spiro atoms. The van der Waals surface area contributed by atoms with Crippen molar-refractivity contribution < 1.29 is 13.2 Å². The lowest BCUT2D eigenvalue weighted by Gasteiger charge is -2.26. The quantitative estimate of drug-likeness (QED) is 0.795. The Hall–Kier alpha value is -1.15. The molecule has 0 aromatic heterocycles. The molecule has 0 radical (unpaired) electrons. The van der Waals surface area contributed by atoms with Crippen molar-refractivity contribution in [1.82, 2.24) is 14.9 Å². The second-order valence-corrected chi connectivity index (χ2v) is 7.36. The van der Waals surface area contributed by atoms with Crippen LogP contribution in [0, 0.1) is 0 Å². The largest absolute Gasteiger partial charge is 0.351 e. The molecule has 0 saturated carbocycles. The zero-order chi connectivity index (χ0) is 16.0. The van der Waals surface area contributed by atoms with Gasteiger partial charge in [0, 0.05) is 19.6 Å². The van der Waals surface area contributed by atoms with Gasteiger partial charge >= 0.3 is 0 Å². The molecule has 1 amide bonds. The van der Waals surface area contributed by atoms with Crippen LogP contribution in [0.25, 0.3) is 0 Å². The van der Waals surface area contributed by atoms with Crippen LogP contribution in [0.15, 0.2) is 29.2 Å². The van der Waals surface area contributed by atoms with Crippen LogP contribution < -0.4 is 10.6 Å². The predicted octanol–water partition coefficient (Wildman–Crippen LogP) is 1.12. The van der Waals surface area contributed by atoms with E-state index in [1.807, 2.05) is 6.07 Å². The number of hydrogen-bond acceptors (Lipinski definition) is 4. The van der Waals surface area contributed by atoms with E-state index in [0.717, 1.165) is 24.8 Å². The minimum absolute atomic E-state index is 0. The van der Waals surface area contributed by atoms with Crippen molar-refractivity contribution in [3.63, 3.8) is 0 Å². The van der Waals surface area contributed by atoms with E-state index >= 15 is 0 Å². The molecule has 0 atom stereocenters. The molecule has 0 aliphatic carbocycles. The first-order valence-corrected chi connectivity index (χ1v) is 8.98. The van der Waals surface area contributed by atoms with Gasteiger partial charge in [-0.15, -0.1) is 12.4 Å². The van der Waals surface area contributed by atoms with Gasteiger partial charge < -0.3 is 10.6 Å². The van der Waals surface area contributed by atoms with Crippen molar-refractivity contribution in [3.8, 4) is 0 Å². The standard InChI is InChI=1S/C15H23N3O3S.ClH/c1-16-12-15(19)17-11-13-6-5-7-14(10-13)22(20,21)18-8-3-2-4-9-18;/h5-7,10,16H,2-4,8-9,11-12H2,1H3,(H,17,19);1H. The number of sulfonamides is 1. The SMILES string of the molecule is CNCC(=O)NCc1cccc(S(=O)(=O)N2CCCCC2)c1.Cl. The highest BCUT2D eigenvalue weighted by molar-refractivity contribution is 7.89. The normalized spacial score (nSPS) is 15.7. The van der Waals surface area contributed by atoms with Crippen LogP contribution >= 0.6 is 12.4 Å². The predicted molar refractivity (Wildman–Crippen MR) is 92.1 cm³/mol. The van der Waals surface area contributed by atoms with Gasteiger partial charge in [0.05, 0.1) is 11.4 Å². The number of nitrogens with zero attached hydrogens (tertiary/aromatic N) is 1. The number of nitrogens with one attached hydrogen (secondary N) is 2. The first-order chi connectivity index (χ1) is 10.5. The molecule has 1 fully saturated rings. The Balaban J connectivity index is 0.00000264. The zero-order valence-electron chi connectivity index (χ0n) is 13.2. The average Bonchev–Trinajstić information content (AvgIpc) is 2.54. The molecule has 1 aliphatic rings. The third-order valence-electron chi connectivity index (χ3n) is 3.68. The van der Waals surface area contributed by atoms with Crippen molar-refractivity contribution in [2.45, 2.75) is 30.7 Å². The maximum Gasteiger partial charge on any atom is 0.243 e. The molecule has 1 saturated heterocycles. The summed E-state index contributed by atoms with van der Waals surface area (Å²) in [4.78, 5) is 11.7.